The molecule has 0 aliphatic carbocycles. The van der Waals surface area contributed by atoms with Crippen LogP contribution in [0.1, 0.15) is 18.0 Å². The van der Waals surface area contributed by atoms with Crippen LogP contribution in [0.4, 0.5) is 5.69 Å². The van der Waals surface area contributed by atoms with Gasteiger partial charge in [-0.05, 0) is 17.7 Å². The fourth-order valence-corrected chi connectivity index (χ4v) is 2.88. The summed E-state index contributed by atoms with van der Waals surface area (Å²) in [7, 11) is 1.75. The second kappa shape index (κ2) is 5.97. The Labute approximate surface area is 129 Å². The van der Waals surface area contributed by atoms with Crippen LogP contribution in [0.15, 0.2) is 54.9 Å². The molecule has 1 fully saturated rings. The Balaban J connectivity index is 1.84. The van der Waals surface area contributed by atoms with Crippen molar-refractivity contribution >= 4 is 17.5 Å². The number of amides is 2. The molecule has 5 nitrogen and oxygen atoms in total. The number of likely N-dealkylation sites (tertiary alicyclic amines) is 1. The number of hydrogen-bond donors (Lipinski definition) is 1. The number of pyridine rings is 1. The van der Waals surface area contributed by atoms with Crippen molar-refractivity contribution in [3.05, 3.63) is 60.4 Å². The van der Waals surface area contributed by atoms with Crippen molar-refractivity contribution in [2.24, 2.45) is 5.92 Å². The van der Waals surface area contributed by atoms with Gasteiger partial charge in [-0.2, -0.15) is 0 Å². The molecule has 5 heteroatoms. The number of benzene rings is 1. The van der Waals surface area contributed by atoms with Gasteiger partial charge in [-0.1, -0.05) is 30.3 Å². The maximum absolute atomic E-state index is 12.6. The van der Waals surface area contributed by atoms with Crippen molar-refractivity contribution in [3.8, 4) is 0 Å². The third-order valence-corrected chi connectivity index (χ3v) is 4.01. The summed E-state index contributed by atoms with van der Waals surface area (Å²) in [6.07, 6.45) is 3.47. The van der Waals surface area contributed by atoms with E-state index in [2.05, 4.69) is 10.3 Å². The van der Waals surface area contributed by atoms with Gasteiger partial charge in [0.15, 0.2) is 0 Å². The first-order valence-corrected chi connectivity index (χ1v) is 7.18. The number of hydrogen-bond acceptors (Lipinski definition) is 3. The van der Waals surface area contributed by atoms with E-state index in [-0.39, 0.29) is 24.3 Å². The summed E-state index contributed by atoms with van der Waals surface area (Å²) in [6, 6.07) is 12.9. The van der Waals surface area contributed by atoms with E-state index in [0.29, 0.717) is 5.69 Å². The minimum Gasteiger partial charge on any atom is -0.338 e. The Morgan fingerprint density at radius 2 is 1.86 bits per heavy atom. The Hall–Kier alpha value is -2.69. The van der Waals surface area contributed by atoms with E-state index in [1.165, 1.54) is 0 Å². The number of nitrogens with one attached hydrogen (secondary N) is 1. The number of anilines is 1. The van der Waals surface area contributed by atoms with Gasteiger partial charge >= 0.3 is 0 Å². The highest BCUT2D eigenvalue weighted by molar-refractivity contribution is 5.97. The second-order valence-corrected chi connectivity index (χ2v) is 5.40. The van der Waals surface area contributed by atoms with Gasteiger partial charge in [0.05, 0.1) is 12.0 Å². The zero-order chi connectivity index (χ0) is 15.5. The largest absolute Gasteiger partial charge is 0.338 e. The molecule has 1 aliphatic rings. The lowest BCUT2D eigenvalue weighted by molar-refractivity contribution is -0.127. The van der Waals surface area contributed by atoms with Gasteiger partial charge < -0.3 is 10.2 Å². The molecule has 0 bridgehead atoms. The van der Waals surface area contributed by atoms with Crippen molar-refractivity contribution in [1.29, 1.82) is 0 Å². The summed E-state index contributed by atoms with van der Waals surface area (Å²) >= 11 is 0. The monoisotopic (exact) mass is 295 g/mol. The van der Waals surface area contributed by atoms with Crippen LogP contribution in [0.5, 0.6) is 0 Å². The first-order valence-electron chi connectivity index (χ1n) is 7.18. The van der Waals surface area contributed by atoms with Crippen molar-refractivity contribution in [2.75, 3.05) is 12.4 Å². The highest BCUT2D eigenvalue weighted by Gasteiger charge is 2.42. The number of rotatable bonds is 3. The molecule has 2 atom stereocenters. The van der Waals surface area contributed by atoms with Crippen LogP contribution in [-0.4, -0.2) is 28.7 Å². The summed E-state index contributed by atoms with van der Waals surface area (Å²) in [5.41, 5.74) is 1.67. The van der Waals surface area contributed by atoms with Gasteiger partial charge in [0.2, 0.25) is 11.8 Å². The van der Waals surface area contributed by atoms with E-state index < -0.39 is 5.92 Å². The van der Waals surface area contributed by atoms with E-state index in [1.807, 2.05) is 30.3 Å². The second-order valence-electron chi connectivity index (χ2n) is 5.40. The van der Waals surface area contributed by atoms with E-state index in [4.69, 9.17) is 0 Å². The van der Waals surface area contributed by atoms with Crippen LogP contribution in [0.25, 0.3) is 0 Å². The third-order valence-electron chi connectivity index (χ3n) is 4.01. The zero-order valence-corrected chi connectivity index (χ0v) is 12.3. The molecule has 1 saturated heterocycles. The van der Waals surface area contributed by atoms with E-state index in [1.54, 1.807) is 36.5 Å². The highest BCUT2D eigenvalue weighted by atomic mass is 16.2. The highest BCUT2D eigenvalue weighted by Crippen LogP contribution is 2.37. The first-order chi connectivity index (χ1) is 10.7. The third kappa shape index (κ3) is 2.70. The minimum atomic E-state index is -0.395. The average molecular weight is 295 g/mol. The summed E-state index contributed by atoms with van der Waals surface area (Å²) < 4.78 is 0. The summed E-state index contributed by atoms with van der Waals surface area (Å²) in [4.78, 5) is 30.2. The predicted molar refractivity (Wildman–Crippen MR) is 82.9 cm³/mol. The quantitative estimate of drug-likeness (QED) is 0.944. The normalized spacial score (nSPS) is 21.0. The van der Waals surface area contributed by atoms with Crippen LogP contribution < -0.4 is 5.32 Å². The van der Waals surface area contributed by atoms with Crippen LogP contribution in [0, 0.1) is 5.92 Å². The number of carbonyl (C=O) groups excluding carboxylic acids is 2. The molecule has 3 rings (SSSR count). The molecule has 112 valence electrons. The molecular formula is C17H17N3O2. The summed E-state index contributed by atoms with van der Waals surface area (Å²) in [5.74, 6) is -0.547. The zero-order valence-electron chi connectivity index (χ0n) is 12.3. The molecule has 1 aliphatic heterocycles. The molecular weight excluding hydrogens is 278 g/mol. The van der Waals surface area contributed by atoms with Gasteiger partial charge in [0.25, 0.3) is 0 Å². The molecule has 2 amide bonds. The smallest absolute Gasteiger partial charge is 0.230 e. The van der Waals surface area contributed by atoms with Crippen molar-refractivity contribution < 1.29 is 9.59 Å². The van der Waals surface area contributed by atoms with Gasteiger partial charge in [-0.25, -0.2) is 0 Å². The Bertz CT molecular complexity index is 673. The van der Waals surface area contributed by atoms with Gasteiger partial charge in [0, 0.05) is 31.5 Å². The number of aromatic nitrogens is 1. The lowest BCUT2D eigenvalue weighted by Gasteiger charge is -2.24. The van der Waals surface area contributed by atoms with E-state index in [9.17, 15) is 9.59 Å². The van der Waals surface area contributed by atoms with Gasteiger partial charge in [-0.15, -0.1) is 0 Å². The van der Waals surface area contributed by atoms with Crippen molar-refractivity contribution in [2.45, 2.75) is 12.5 Å². The van der Waals surface area contributed by atoms with Crippen LogP contribution in [0.2, 0.25) is 0 Å². The topological polar surface area (TPSA) is 62.3 Å². The van der Waals surface area contributed by atoms with Crippen molar-refractivity contribution in [3.63, 3.8) is 0 Å². The molecule has 22 heavy (non-hydrogen) atoms. The molecule has 0 saturated carbocycles. The van der Waals surface area contributed by atoms with Crippen LogP contribution in [0.3, 0.4) is 0 Å². The molecule has 2 unspecified atom stereocenters. The Morgan fingerprint density at radius 3 is 2.55 bits per heavy atom. The number of nitrogens with zero attached hydrogens (tertiary/aromatic N) is 2. The molecule has 2 heterocycles. The molecule has 2 aromatic rings. The lowest BCUT2D eigenvalue weighted by atomic mass is 9.93. The van der Waals surface area contributed by atoms with Gasteiger partial charge in [-0.3, -0.25) is 14.6 Å². The standard InChI is InChI=1S/C17H17N3O2/c1-20-15(21)11-14(16(20)12-5-3-2-4-6-12)17(22)19-13-7-9-18-10-8-13/h2-10,14,16H,11H2,1H3,(H,18,19,22). The predicted octanol–water partition coefficient (Wildman–Crippen LogP) is 2.24. The maximum Gasteiger partial charge on any atom is 0.230 e. The summed E-state index contributed by atoms with van der Waals surface area (Å²) in [6.45, 7) is 0. The first kappa shape index (κ1) is 14.3. The molecule has 0 radical (unpaired) electrons. The Morgan fingerprint density at radius 1 is 1.18 bits per heavy atom. The summed E-state index contributed by atoms with van der Waals surface area (Å²) in [5, 5.41) is 2.87. The van der Waals surface area contributed by atoms with E-state index in [0.717, 1.165) is 5.56 Å². The molecule has 1 N–H and O–H groups in total. The van der Waals surface area contributed by atoms with Crippen LogP contribution in [-0.2, 0) is 9.59 Å². The average Bonchev–Trinajstić information content (AvgIpc) is 2.85. The number of carbonyl (C=O) groups is 2. The Kier molecular flexibility index (Phi) is 3.87. The molecule has 1 aromatic heterocycles. The van der Waals surface area contributed by atoms with Crippen molar-refractivity contribution in [1.82, 2.24) is 9.88 Å². The molecule has 0 spiro atoms. The molecule has 1 aromatic carbocycles. The fourth-order valence-electron chi connectivity index (χ4n) is 2.88. The minimum absolute atomic E-state index is 0.0104. The lowest BCUT2D eigenvalue weighted by Crippen LogP contribution is -2.30. The SMILES string of the molecule is CN1C(=O)CC(C(=O)Nc2ccncc2)C1c1ccccc1. The van der Waals surface area contributed by atoms with E-state index >= 15 is 0 Å². The van der Waals surface area contributed by atoms with Gasteiger partial charge in [0.1, 0.15) is 0 Å². The maximum atomic E-state index is 12.6. The van der Waals surface area contributed by atoms with Crippen LogP contribution >= 0.6 is 0 Å². The fraction of sp³-hybridized carbons (Fsp3) is 0.235.